The molecular weight excluding hydrogens is 214 g/mol. The first-order valence-corrected chi connectivity index (χ1v) is 6.37. The predicted octanol–water partition coefficient (Wildman–Crippen LogP) is 1.39. The highest BCUT2D eigenvalue weighted by Crippen LogP contribution is 2.25. The van der Waals surface area contributed by atoms with Crippen LogP contribution in [-0.4, -0.2) is 23.1 Å². The van der Waals surface area contributed by atoms with E-state index in [9.17, 15) is 0 Å². The zero-order valence-corrected chi connectivity index (χ0v) is 10.7. The van der Waals surface area contributed by atoms with Gasteiger partial charge < -0.3 is 10.5 Å². The second-order valence-corrected chi connectivity index (χ2v) is 4.63. The van der Waals surface area contributed by atoms with Crippen LogP contribution in [0.15, 0.2) is 0 Å². The van der Waals surface area contributed by atoms with E-state index in [1.54, 1.807) is 0 Å². The Bertz CT molecular complexity index is 392. The summed E-state index contributed by atoms with van der Waals surface area (Å²) in [5, 5.41) is 0. The lowest BCUT2D eigenvalue weighted by atomic mass is 9.86. The molecule has 0 spiro atoms. The van der Waals surface area contributed by atoms with E-state index in [0.29, 0.717) is 19.1 Å². The molecule has 1 heterocycles. The van der Waals surface area contributed by atoms with E-state index in [0.717, 1.165) is 37.3 Å². The molecule has 1 aromatic heterocycles. The van der Waals surface area contributed by atoms with Gasteiger partial charge in [-0.05, 0) is 51.1 Å². The number of aromatic nitrogens is 2. The third kappa shape index (κ3) is 2.82. The minimum Gasteiger partial charge on any atom is -0.374 e. The average molecular weight is 235 g/mol. The summed E-state index contributed by atoms with van der Waals surface area (Å²) in [5.41, 5.74) is 9.36. The maximum Gasteiger partial charge on any atom is 0.154 e. The molecule has 0 amide bonds. The average Bonchev–Trinajstić information content (AvgIpc) is 2.36. The van der Waals surface area contributed by atoms with Crippen LogP contribution in [0, 0.1) is 12.8 Å². The summed E-state index contributed by atoms with van der Waals surface area (Å²) in [6.07, 6.45) is 3.21. The molecule has 2 rings (SSSR count). The van der Waals surface area contributed by atoms with Crippen molar-refractivity contribution in [1.29, 1.82) is 0 Å². The van der Waals surface area contributed by atoms with Gasteiger partial charge in [-0.2, -0.15) is 0 Å². The monoisotopic (exact) mass is 235 g/mol. The molecule has 1 aliphatic rings. The fourth-order valence-corrected chi connectivity index (χ4v) is 2.38. The topological polar surface area (TPSA) is 61.0 Å². The Morgan fingerprint density at radius 3 is 2.94 bits per heavy atom. The molecule has 0 fully saturated rings. The molecule has 17 heavy (non-hydrogen) atoms. The summed E-state index contributed by atoms with van der Waals surface area (Å²) >= 11 is 0. The summed E-state index contributed by atoms with van der Waals surface area (Å²) in [6, 6.07) is 0. The summed E-state index contributed by atoms with van der Waals surface area (Å²) in [5.74, 6) is 1.41. The Morgan fingerprint density at radius 1 is 1.41 bits per heavy atom. The van der Waals surface area contributed by atoms with Gasteiger partial charge in [0.1, 0.15) is 6.61 Å². The van der Waals surface area contributed by atoms with Crippen LogP contribution in [0.5, 0.6) is 0 Å². The Morgan fingerprint density at radius 2 is 2.24 bits per heavy atom. The summed E-state index contributed by atoms with van der Waals surface area (Å²) < 4.78 is 5.36. The fraction of sp³-hybridized carbons (Fsp3) is 0.692. The number of hydrogen-bond acceptors (Lipinski definition) is 4. The summed E-state index contributed by atoms with van der Waals surface area (Å²) in [6.45, 7) is 6.03. The molecule has 0 aliphatic heterocycles. The highest BCUT2D eigenvalue weighted by molar-refractivity contribution is 5.28. The van der Waals surface area contributed by atoms with Crippen LogP contribution in [0.3, 0.4) is 0 Å². The van der Waals surface area contributed by atoms with Crippen LogP contribution in [0.2, 0.25) is 0 Å². The largest absolute Gasteiger partial charge is 0.374 e. The fourth-order valence-electron chi connectivity index (χ4n) is 2.38. The van der Waals surface area contributed by atoms with Crippen molar-refractivity contribution in [1.82, 2.24) is 9.97 Å². The molecule has 4 nitrogen and oxygen atoms in total. The normalized spacial score (nSPS) is 19.1. The second kappa shape index (κ2) is 5.56. The third-order valence-electron chi connectivity index (χ3n) is 3.40. The standard InChI is InChI=1S/C13H21N3O/c1-3-17-8-13-15-9(2)11-6-10(7-14)4-5-12(11)16-13/h10H,3-8,14H2,1-2H3. The Kier molecular flexibility index (Phi) is 4.07. The van der Waals surface area contributed by atoms with Gasteiger partial charge in [0.2, 0.25) is 0 Å². The molecular formula is C13H21N3O. The van der Waals surface area contributed by atoms with Crippen molar-refractivity contribution < 1.29 is 4.74 Å². The van der Waals surface area contributed by atoms with Crippen molar-refractivity contribution in [3.8, 4) is 0 Å². The van der Waals surface area contributed by atoms with Gasteiger partial charge in [-0.25, -0.2) is 9.97 Å². The van der Waals surface area contributed by atoms with Crippen molar-refractivity contribution in [2.24, 2.45) is 11.7 Å². The van der Waals surface area contributed by atoms with Gasteiger partial charge in [0, 0.05) is 18.0 Å². The molecule has 0 bridgehead atoms. The lowest BCUT2D eigenvalue weighted by Crippen LogP contribution is -2.24. The maximum atomic E-state index is 5.75. The van der Waals surface area contributed by atoms with E-state index in [1.807, 2.05) is 6.92 Å². The quantitative estimate of drug-likeness (QED) is 0.856. The van der Waals surface area contributed by atoms with Gasteiger partial charge in [-0.15, -0.1) is 0 Å². The van der Waals surface area contributed by atoms with Crippen LogP contribution in [-0.2, 0) is 24.2 Å². The molecule has 0 saturated carbocycles. The zero-order chi connectivity index (χ0) is 12.3. The molecule has 1 aliphatic carbocycles. The van der Waals surface area contributed by atoms with E-state index in [2.05, 4.69) is 16.9 Å². The van der Waals surface area contributed by atoms with Crippen molar-refractivity contribution >= 4 is 0 Å². The molecule has 0 radical (unpaired) electrons. The van der Waals surface area contributed by atoms with Crippen LogP contribution >= 0.6 is 0 Å². The van der Waals surface area contributed by atoms with Crippen molar-refractivity contribution in [2.75, 3.05) is 13.2 Å². The van der Waals surface area contributed by atoms with E-state index in [4.69, 9.17) is 10.5 Å². The first-order valence-electron chi connectivity index (χ1n) is 6.37. The molecule has 1 atom stereocenters. The first kappa shape index (κ1) is 12.5. The second-order valence-electron chi connectivity index (χ2n) is 4.63. The van der Waals surface area contributed by atoms with Gasteiger partial charge in [-0.1, -0.05) is 0 Å². The molecule has 1 unspecified atom stereocenters. The molecule has 0 saturated heterocycles. The molecule has 2 N–H and O–H groups in total. The number of nitrogens with zero attached hydrogens (tertiary/aromatic N) is 2. The number of ether oxygens (including phenoxy) is 1. The summed E-state index contributed by atoms with van der Waals surface area (Å²) in [4.78, 5) is 9.12. The Balaban J connectivity index is 2.20. The SMILES string of the molecule is CCOCc1nc(C)c2c(n1)CCC(CN)C2. The number of nitrogens with two attached hydrogens (primary N) is 1. The van der Waals surface area contributed by atoms with Crippen LogP contribution < -0.4 is 5.73 Å². The van der Waals surface area contributed by atoms with Gasteiger partial charge >= 0.3 is 0 Å². The highest BCUT2D eigenvalue weighted by Gasteiger charge is 2.21. The van der Waals surface area contributed by atoms with Gasteiger partial charge in [-0.3, -0.25) is 0 Å². The minimum atomic E-state index is 0.519. The maximum absolute atomic E-state index is 5.75. The predicted molar refractivity (Wildman–Crippen MR) is 66.7 cm³/mol. The van der Waals surface area contributed by atoms with Crippen molar-refractivity contribution in [3.63, 3.8) is 0 Å². The smallest absolute Gasteiger partial charge is 0.154 e. The molecule has 94 valence electrons. The Hall–Kier alpha value is -1.00. The number of aryl methyl sites for hydroxylation is 2. The van der Waals surface area contributed by atoms with Crippen molar-refractivity contribution in [2.45, 2.75) is 39.7 Å². The van der Waals surface area contributed by atoms with E-state index >= 15 is 0 Å². The third-order valence-corrected chi connectivity index (χ3v) is 3.40. The lowest BCUT2D eigenvalue weighted by Gasteiger charge is -2.24. The lowest BCUT2D eigenvalue weighted by molar-refractivity contribution is 0.128. The van der Waals surface area contributed by atoms with Gasteiger partial charge in [0.15, 0.2) is 5.82 Å². The molecule has 0 aromatic carbocycles. The van der Waals surface area contributed by atoms with E-state index < -0.39 is 0 Å². The number of rotatable bonds is 4. The minimum absolute atomic E-state index is 0.519. The van der Waals surface area contributed by atoms with Gasteiger partial charge in [0.05, 0.1) is 0 Å². The number of hydrogen-bond donors (Lipinski definition) is 1. The zero-order valence-electron chi connectivity index (χ0n) is 10.7. The van der Waals surface area contributed by atoms with Crippen molar-refractivity contribution in [3.05, 3.63) is 22.8 Å². The van der Waals surface area contributed by atoms with E-state index in [-0.39, 0.29) is 0 Å². The van der Waals surface area contributed by atoms with Crippen LogP contribution in [0.25, 0.3) is 0 Å². The highest BCUT2D eigenvalue weighted by atomic mass is 16.5. The summed E-state index contributed by atoms with van der Waals surface area (Å²) in [7, 11) is 0. The first-order chi connectivity index (χ1) is 8.24. The van der Waals surface area contributed by atoms with Crippen LogP contribution in [0.1, 0.15) is 36.1 Å². The number of fused-ring (bicyclic) bond motifs is 1. The molecule has 4 heteroatoms. The van der Waals surface area contributed by atoms with E-state index in [1.165, 1.54) is 11.3 Å². The van der Waals surface area contributed by atoms with Crippen LogP contribution in [0.4, 0.5) is 0 Å². The van der Waals surface area contributed by atoms with Gasteiger partial charge in [0.25, 0.3) is 0 Å². The Labute approximate surface area is 103 Å². The molecule has 1 aromatic rings.